The van der Waals surface area contributed by atoms with Crippen LogP contribution in [0, 0.1) is 11.8 Å². The Morgan fingerprint density at radius 1 is 1.20 bits per heavy atom. The molecule has 2 amide bonds. The number of likely N-dealkylation sites (tertiary alicyclic amines) is 1. The molecule has 1 aliphatic carbocycles. The molecule has 1 aromatic heterocycles. The van der Waals surface area contributed by atoms with Crippen molar-refractivity contribution in [2.24, 2.45) is 11.8 Å². The Labute approximate surface area is 147 Å². The van der Waals surface area contributed by atoms with Gasteiger partial charge in [-0.25, -0.2) is 4.68 Å². The number of hydrogen-bond donors (Lipinski definition) is 2. The van der Waals surface area contributed by atoms with E-state index in [1.807, 2.05) is 9.58 Å². The van der Waals surface area contributed by atoms with Crippen LogP contribution in [0.3, 0.4) is 0 Å². The van der Waals surface area contributed by atoms with Crippen molar-refractivity contribution >= 4 is 11.8 Å². The second-order valence-electron chi connectivity index (χ2n) is 7.58. The fraction of sp³-hybridized carbons (Fsp3) is 0.765. The third kappa shape index (κ3) is 3.53. The molecule has 2 atom stereocenters. The van der Waals surface area contributed by atoms with Gasteiger partial charge in [-0.1, -0.05) is 5.21 Å². The fourth-order valence-electron chi connectivity index (χ4n) is 4.20. The second-order valence-corrected chi connectivity index (χ2v) is 7.58. The van der Waals surface area contributed by atoms with Crippen LogP contribution in [-0.4, -0.2) is 63.9 Å². The van der Waals surface area contributed by atoms with Crippen molar-refractivity contribution in [3.63, 3.8) is 0 Å². The fourth-order valence-corrected chi connectivity index (χ4v) is 4.20. The molecule has 0 aromatic carbocycles. The molecule has 1 aromatic rings. The van der Waals surface area contributed by atoms with Crippen molar-refractivity contribution in [2.75, 3.05) is 26.2 Å². The lowest BCUT2D eigenvalue weighted by Crippen LogP contribution is -2.40. The summed E-state index contributed by atoms with van der Waals surface area (Å²) in [7, 11) is 0. The Morgan fingerprint density at radius 3 is 2.64 bits per heavy atom. The lowest BCUT2D eigenvalue weighted by atomic mass is 9.98. The van der Waals surface area contributed by atoms with Gasteiger partial charge < -0.3 is 15.5 Å². The van der Waals surface area contributed by atoms with E-state index < -0.39 is 0 Å². The summed E-state index contributed by atoms with van der Waals surface area (Å²) in [5.41, 5.74) is 0.413. The zero-order valence-electron chi connectivity index (χ0n) is 14.6. The lowest BCUT2D eigenvalue weighted by Gasteiger charge is -2.22. The maximum Gasteiger partial charge on any atom is 0.276 e. The number of hydrogen-bond acceptors (Lipinski definition) is 5. The summed E-state index contributed by atoms with van der Waals surface area (Å²) < 4.78 is 1.84. The van der Waals surface area contributed by atoms with E-state index in [0.717, 1.165) is 25.9 Å². The van der Waals surface area contributed by atoms with Crippen molar-refractivity contribution < 1.29 is 9.59 Å². The second kappa shape index (κ2) is 6.74. The Kier molecular flexibility index (Phi) is 4.45. The van der Waals surface area contributed by atoms with Crippen LogP contribution in [0.15, 0.2) is 6.20 Å². The summed E-state index contributed by atoms with van der Waals surface area (Å²) in [6, 6.07) is 0.383. The third-order valence-corrected chi connectivity index (χ3v) is 5.68. The van der Waals surface area contributed by atoms with Crippen molar-refractivity contribution in [1.82, 2.24) is 30.5 Å². The van der Waals surface area contributed by atoms with E-state index in [2.05, 4.69) is 20.9 Å². The summed E-state index contributed by atoms with van der Waals surface area (Å²) in [6.07, 6.45) is 6.21. The Hall–Kier alpha value is -1.96. The molecule has 0 bridgehead atoms. The maximum atomic E-state index is 12.8. The van der Waals surface area contributed by atoms with Gasteiger partial charge in [0.1, 0.15) is 0 Å². The SMILES string of the molecule is CC(=O)N[C@@H]1CN(C(=O)c2cn(C3CCNCC3)nn2)C[C@H]1C1CC1. The van der Waals surface area contributed by atoms with E-state index in [1.165, 1.54) is 12.8 Å². The molecule has 8 nitrogen and oxygen atoms in total. The summed E-state index contributed by atoms with van der Waals surface area (Å²) in [4.78, 5) is 26.1. The highest BCUT2D eigenvalue weighted by Crippen LogP contribution is 2.41. The summed E-state index contributed by atoms with van der Waals surface area (Å²) in [6.45, 7) is 4.76. The molecule has 3 heterocycles. The Morgan fingerprint density at radius 2 is 1.96 bits per heavy atom. The average Bonchev–Trinajstić information content (AvgIpc) is 3.18. The van der Waals surface area contributed by atoms with Gasteiger partial charge in [-0.15, -0.1) is 5.10 Å². The number of nitrogens with zero attached hydrogens (tertiary/aromatic N) is 4. The quantitative estimate of drug-likeness (QED) is 0.812. The molecule has 2 aliphatic heterocycles. The van der Waals surface area contributed by atoms with E-state index in [1.54, 1.807) is 13.1 Å². The average molecular weight is 346 g/mol. The molecule has 136 valence electrons. The van der Waals surface area contributed by atoms with Gasteiger partial charge in [-0.2, -0.15) is 0 Å². The minimum atomic E-state index is -0.0707. The molecule has 3 fully saturated rings. The predicted molar refractivity (Wildman–Crippen MR) is 90.9 cm³/mol. The molecule has 25 heavy (non-hydrogen) atoms. The third-order valence-electron chi connectivity index (χ3n) is 5.68. The van der Waals surface area contributed by atoms with Gasteiger partial charge in [0, 0.05) is 25.9 Å². The first-order valence-corrected chi connectivity index (χ1v) is 9.30. The van der Waals surface area contributed by atoms with Crippen LogP contribution in [0.4, 0.5) is 0 Å². The number of piperidine rings is 1. The smallest absolute Gasteiger partial charge is 0.276 e. The number of amides is 2. The predicted octanol–water partition coefficient (Wildman–Crippen LogP) is 0.189. The van der Waals surface area contributed by atoms with Crippen molar-refractivity contribution in [3.05, 3.63) is 11.9 Å². The van der Waals surface area contributed by atoms with Gasteiger partial charge in [0.15, 0.2) is 5.69 Å². The van der Waals surface area contributed by atoms with Crippen LogP contribution in [0.1, 0.15) is 49.1 Å². The minimum Gasteiger partial charge on any atom is -0.351 e. The van der Waals surface area contributed by atoms with E-state index in [-0.39, 0.29) is 17.9 Å². The first-order chi connectivity index (χ1) is 12.1. The Balaban J connectivity index is 1.43. The van der Waals surface area contributed by atoms with Gasteiger partial charge in [-0.3, -0.25) is 9.59 Å². The van der Waals surface area contributed by atoms with Crippen LogP contribution < -0.4 is 10.6 Å². The first-order valence-electron chi connectivity index (χ1n) is 9.30. The number of rotatable bonds is 4. The molecule has 4 rings (SSSR count). The summed E-state index contributed by atoms with van der Waals surface area (Å²) in [5.74, 6) is 0.910. The number of carbonyl (C=O) groups is 2. The molecular weight excluding hydrogens is 320 g/mol. The maximum absolute atomic E-state index is 12.8. The molecule has 8 heteroatoms. The van der Waals surface area contributed by atoms with E-state index in [0.29, 0.717) is 36.7 Å². The molecule has 0 unspecified atom stereocenters. The van der Waals surface area contributed by atoms with Crippen LogP contribution in [-0.2, 0) is 4.79 Å². The standard InChI is InChI=1S/C17H26N6O2/c1-11(24)19-15-9-22(8-14(15)12-2-3-12)17(25)16-10-23(21-20-16)13-4-6-18-7-5-13/h10,12-15,18H,2-9H2,1H3,(H,19,24)/t14-,15+/m0/s1. The monoisotopic (exact) mass is 346 g/mol. The van der Waals surface area contributed by atoms with E-state index in [9.17, 15) is 9.59 Å². The van der Waals surface area contributed by atoms with Gasteiger partial charge >= 0.3 is 0 Å². The van der Waals surface area contributed by atoms with Gasteiger partial charge in [0.25, 0.3) is 5.91 Å². The number of aromatic nitrogens is 3. The number of carbonyl (C=O) groups excluding carboxylic acids is 2. The first kappa shape index (κ1) is 16.5. The topological polar surface area (TPSA) is 92.2 Å². The molecule has 0 radical (unpaired) electrons. The molecule has 0 spiro atoms. The van der Waals surface area contributed by atoms with Crippen LogP contribution >= 0.6 is 0 Å². The lowest BCUT2D eigenvalue weighted by molar-refractivity contribution is -0.119. The highest BCUT2D eigenvalue weighted by molar-refractivity contribution is 5.92. The summed E-state index contributed by atoms with van der Waals surface area (Å²) in [5, 5.41) is 14.7. The highest BCUT2D eigenvalue weighted by Gasteiger charge is 2.44. The molecule has 1 saturated carbocycles. The number of nitrogens with one attached hydrogen (secondary N) is 2. The van der Waals surface area contributed by atoms with Crippen LogP contribution in [0.2, 0.25) is 0 Å². The van der Waals surface area contributed by atoms with Crippen molar-refractivity contribution in [2.45, 2.75) is 44.7 Å². The minimum absolute atomic E-state index is 0.0261. The van der Waals surface area contributed by atoms with Crippen molar-refractivity contribution in [1.29, 1.82) is 0 Å². The largest absolute Gasteiger partial charge is 0.351 e. The molecular formula is C17H26N6O2. The molecule has 2 N–H and O–H groups in total. The van der Waals surface area contributed by atoms with Gasteiger partial charge in [-0.05, 0) is 44.7 Å². The zero-order valence-corrected chi connectivity index (χ0v) is 14.6. The highest BCUT2D eigenvalue weighted by atomic mass is 16.2. The van der Waals surface area contributed by atoms with E-state index >= 15 is 0 Å². The van der Waals surface area contributed by atoms with Crippen LogP contribution in [0.5, 0.6) is 0 Å². The zero-order chi connectivity index (χ0) is 17.4. The molecule has 3 aliphatic rings. The van der Waals surface area contributed by atoms with Crippen molar-refractivity contribution in [3.8, 4) is 0 Å². The van der Waals surface area contributed by atoms with Gasteiger partial charge in [0.05, 0.1) is 18.3 Å². The normalized spacial score (nSPS) is 27.5. The van der Waals surface area contributed by atoms with Crippen LogP contribution in [0.25, 0.3) is 0 Å². The Bertz CT molecular complexity index is 649. The summed E-state index contributed by atoms with van der Waals surface area (Å²) >= 11 is 0. The van der Waals surface area contributed by atoms with Gasteiger partial charge in [0.2, 0.25) is 5.91 Å². The van der Waals surface area contributed by atoms with E-state index in [4.69, 9.17) is 0 Å². The molecule has 2 saturated heterocycles.